The van der Waals surface area contributed by atoms with Crippen LogP contribution in [0.25, 0.3) is 0 Å². The van der Waals surface area contributed by atoms with E-state index in [2.05, 4.69) is 50.2 Å². The second-order valence-electron chi connectivity index (χ2n) is 8.61. The highest BCUT2D eigenvalue weighted by molar-refractivity contribution is 5.76. The second kappa shape index (κ2) is 9.42. The lowest BCUT2D eigenvalue weighted by Crippen LogP contribution is -3.14. The van der Waals surface area contributed by atoms with Crippen molar-refractivity contribution >= 4 is 5.91 Å². The van der Waals surface area contributed by atoms with Crippen molar-refractivity contribution in [3.8, 4) is 5.75 Å². The highest BCUT2D eigenvalue weighted by Gasteiger charge is 2.27. The van der Waals surface area contributed by atoms with Crippen LogP contribution < -0.4 is 15.4 Å². The number of amides is 1. The van der Waals surface area contributed by atoms with Crippen LogP contribution in [0.1, 0.15) is 37.8 Å². The molecule has 0 aliphatic carbocycles. The van der Waals surface area contributed by atoms with Crippen LogP contribution in [0.15, 0.2) is 54.6 Å². The molecular weight excluding hydrogens is 364 g/mol. The lowest BCUT2D eigenvalue weighted by Gasteiger charge is -2.29. The molecule has 1 heterocycles. The summed E-state index contributed by atoms with van der Waals surface area (Å²) in [6.45, 7) is 7.06. The second-order valence-corrected chi connectivity index (χ2v) is 8.61. The zero-order chi connectivity index (χ0) is 20.9. The minimum absolute atomic E-state index is 0.00852. The van der Waals surface area contributed by atoms with Crippen molar-refractivity contribution < 1.29 is 19.5 Å². The minimum atomic E-state index is -0.532. The van der Waals surface area contributed by atoms with E-state index in [4.69, 9.17) is 10.5 Å². The molecule has 2 aromatic rings. The summed E-state index contributed by atoms with van der Waals surface area (Å²) < 4.78 is 5.80. The molecule has 1 fully saturated rings. The first-order valence-electron chi connectivity index (χ1n) is 10.5. The van der Waals surface area contributed by atoms with Crippen LogP contribution in [0.3, 0.4) is 0 Å². The van der Waals surface area contributed by atoms with Gasteiger partial charge in [0.05, 0.1) is 13.1 Å². The summed E-state index contributed by atoms with van der Waals surface area (Å²) >= 11 is 0. The molecule has 0 saturated carbocycles. The van der Waals surface area contributed by atoms with E-state index in [-0.39, 0.29) is 23.8 Å². The number of carbonyl (C=O) groups is 1. The largest absolute Gasteiger partial charge is 0.491 e. The molecule has 1 saturated heterocycles. The van der Waals surface area contributed by atoms with Crippen LogP contribution in [-0.2, 0) is 10.2 Å². The third kappa shape index (κ3) is 5.58. The summed E-state index contributed by atoms with van der Waals surface area (Å²) in [5.41, 5.74) is 7.79. The molecule has 4 N–H and O–H groups in total. The number of rotatable bonds is 8. The normalized spacial score (nSPS) is 20.8. The van der Waals surface area contributed by atoms with Gasteiger partial charge in [0, 0.05) is 24.2 Å². The molecule has 1 aliphatic heterocycles. The van der Waals surface area contributed by atoms with E-state index < -0.39 is 6.10 Å². The lowest BCUT2D eigenvalue weighted by molar-refractivity contribution is -0.908. The quantitative estimate of drug-likeness (QED) is 0.632. The molecule has 156 valence electrons. The van der Waals surface area contributed by atoms with Gasteiger partial charge >= 0.3 is 0 Å². The number of nitrogens with two attached hydrogens (primary N) is 1. The average Bonchev–Trinajstić information content (AvgIpc) is 2.73. The number of primary amides is 1. The first-order chi connectivity index (χ1) is 13.9. The number of hydrogen-bond acceptors (Lipinski definition) is 3. The number of nitrogens with one attached hydrogen (secondary N) is 1. The molecule has 1 aliphatic rings. The SMILES string of the molecule is CC(C)(c1ccccc1)c1ccc(OC[C@@H](O)C[NH+]2CCC(C(N)=O)CC2)cc1. The topological polar surface area (TPSA) is 77.0 Å². The Kier molecular flexibility index (Phi) is 6.93. The van der Waals surface area contributed by atoms with Gasteiger partial charge in [0.1, 0.15) is 25.0 Å². The molecule has 5 nitrogen and oxygen atoms in total. The minimum Gasteiger partial charge on any atom is -0.491 e. The van der Waals surface area contributed by atoms with Gasteiger partial charge in [-0.3, -0.25) is 4.79 Å². The van der Waals surface area contributed by atoms with Gasteiger partial charge in [-0.15, -0.1) is 0 Å². The maximum Gasteiger partial charge on any atom is 0.220 e. The summed E-state index contributed by atoms with van der Waals surface area (Å²) in [5, 5.41) is 10.3. The fourth-order valence-electron chi connectivity index (χ4n) is 4.09. The smallest absolute Gasteiger partial charge is 0.220 e. The Labute approximate surface area is 173 Å². The number of benzene rings is 2. The van der Waals surface area contributed by atoms with Crippen LogP contribution >= 0.6 is 0 Å². The summed E-state index contributed by atoms with van der Waals surface area (Å²) in [6, 6.07) is 18.6. The highest BCUT2D eigenvalue weighted by Crippen LogP contribution is 2.32. The number of carbonyl (C=O) groups excluding carboxylic acids is 1. The highest BCUT2D eigenvalue weighted by atomic mass is 16.5. The Balaban J connectivity index is 1.48. The number of hydrogen-bond donors (Lipinski definition) is 3. The monoisotopic (exact) mass is 397 g/mol. The van der Waals surface area contributed by atoms with E-state index in [0.717, 1.165) is 31.7 Å². The molecule has 0 radical (unpaired) electrons. The van der Waals surface area contributed by atoms with Gasteiger partial charge in [-0.2, -0.15) is 0 Å². The average molecular weight is 398 g/mol. The van der Waals surface area contributed by atoms with Crippen molar-refractivity contribution in [1.29, 1.82) is 0 Å². The van der Waals surface area contributed by atoms with E-state index in [0.29, 0.717) is 6.54 Å². The van der Waals surface area contributed by atoms with Crippen molar-refractivity contribution in [2.75, 3.05) is 26.2 Å². The number of aliphatic hydroxyl groups is 1. The standard InChI is InChI=1S/C24H32N2O3/c1-24(2,19-6-4-3-5-7-19)20-8-10-22(11-9-20)29-17-21(27)16-26-14-12-18(13-15-26)23(25)28/h3-11,18,21,27H,12-17H2,1-2H3,(H2,25,28)/p+1/t21-/m0/s1. The van der Waals surface area contributed by atoms with Gasteiger partial charge in [0.25, 0.3) is 0 Å². The molecule has 0 unspecified atom stereocenters. The van der Waals surface area contributed by atoms with Crippen molar-refractivity contribution in [3.05, 3.63) is 65.7 Å². The Morgan fingerprint density at radius 2 is 1.69 bits per heavy atom. The third-order valence-electron chi connectivity index (χ3n) is 6.13. The zero-order valence-corrected chi connectivity index (χ0v) is 17.4. The predicted octanol–water partition coefficient (Wildman–Crippen LogP) is 1.53. The number of ether oxygens (including phenoxy) is 1. The van der Waals surface area contributed by atoms with E-state index in [1.165, 1.54) is 16.0 Å². The molecular formula is C24H33N2O3+. The summed E-state index contributed by atoms with van der Waals surface area (Å²) in [4.78, 5) is 12.6. The van der Waals surface area contributed by atoms with Gasteiger partial charge in [-0.25, -0.2) is 0 Å². The van der Waals surface area contributed by atoms with E-state index in [1.807, 2.05) is 18.2 Å². The number of aliphatic hydroxyl groups excluding tert-OH is 1. The summed E-state index contributed by atoms with van der Waals surface area (Å²) in [5.74, 6) is 0.553. The Hall–Kier alpha value is -2.37. The molecule has 1 atom stereocenters. The van der Waals surface area contributed by atoms with Crippen LogP contribution in [0.2, 0.25) is 0 Å². The fourth-order valence-corrected chi connectivity index (χ4v) is 4.09. The van der Waals surface area contributed by atoms with Crippen LogP contribution in [0.4, 0.5) is 0 Å². The molecule has 3 rings (SSSR count). The Morgan fingerprint density at radius 1 is 1.10 bits per heavy atom. The van der Waals surface area contributed by atoms with Gasteiger partial charge < -0.3 is 20.5 Å². The molecule has 1 amide bonds. The summed E-state index contributed by atoms with van der Waals surface area (Å²) in [6.07, 6.45) is 1.07. The predicted molar refractivity (Wildman–Crippen MR) is 114 cm³/mol. The number of piperidine rings is 1. The molecule has 5 heteroatoms. The molecule has 0 spiro atoms. The first kappa shape index (κ1) is 21.3. The van der Waals surface area contributed by atoms with Gasteiger partial charge in [-0.1, -0.05) is 56.3 Å². The Morgan fingerprint density at radius 3 is 2.28 bits per heavy atom. The van der Waals surface area contributed by atoms with Crippen LogP contribution in [0.5, 0.6) is 5.75 Å². The van der Waals surface area contributed by atoms with Crippen LogP contribution in [-0.4, -0.2) is 43.4 Å². The zero-order valence-electron chi connectivity index (χ0n) is 17.4. The van der Waals surface area contributed by atoms with Crippen molar-refractivity contribution in [1.82, 2.24) is 0 Å². The van der Waals surface area contributed by atoms with E-state index in [9.17, 15) is 9.90 Å². The van der Waals surface area contributed by atoms with Crippen LogP contribution in [0, 0.1) is 5.92 Å². The fraction of sp³-hybridized carbons (Fsp3) is 0.458. The Bertz CT molecular complexity index is 782. The van der Waals surface area contributed by atoms with Gasteiger partial charge in [-0.05, 0) is 23.3 Å². The molecule has 29 heavy (non-hydrogen) atoms. The maximum absolute atomic E-state index is 11.3. The van der Waals surface area contributed by atoms with Crippen molar-refractivity contribution in [2.45, 2.75) is 38.2 Å². The molecule has 0 aromatic heterocycles. The van der Waals surface area contributed by atoms with Crippen molar-refractivity contribution in [2.24, 2.45) is 11.7 Å². The van der Waals surface area contributed by atoms with E-state index in [1.54, 1.807) is 0 Å². The lowest BCUT2D eigenvalue weighted by atomic mass is 9.78. The third-order valence-corrected chi connectivity index (χ3v) is 6.13. The number of quaternary nitrogens is 1. The molecule has 0 bridgehead atoms. The van der Waals surface area contributed by atoms with E-state index >= 15 is 0 Å². The summed E-state index contributed by atoms with van der Waals surface area (Å²) in [7, 11) is 0. The van der Waals surface area contributed by atoms with Crippen molar-refractivity contribution in [3.63, 3.8) is 0 Å². The van der Waals surface area contributed by atoms with Gasteiger partial charge in [0.2, 0.25) is 5.91 Å². The first-order valence-corrected chi connectivity index (χ1v) is 10.5. The van der Waals surface area contributed by atoms with Gasteiger partial charge in [0.15, 0.2) is 0 Å². The number of likely N-dealkylation sites (tertiary alicyclic amines) is 1. The molecule has 2 aromatic carbocycles. The maximum atomic E-state index is 11.3.